The molecule has 1 aromatic rings. The fourth-order valence-electron chi connectivity index (χ4n) is 3.56. The van der Waals surface area contributed by atoms with Crippen molar-refractivity contribution in [1.29, 1.82) is 0 Å². The molecule has 0 aromatic carbocycles. The first-order valence-corrected chi connectivity index (χ1v) is 8.29. The van der Waals surface area contributed by atoms with Crippen molar-refractivity contribution in [1.82, 2.24) is 19.6 Å². The number of carbonyl (C=O) groups excluding carboxylic acids is 2. The van der Waals surface area contributed by atoms with Gasteiger partial charge < -0.3 is 9.80 Å². The van der Waals surface area contributed by atoms with E-state index in [9.17, 15) is 9.59 Å². The molecule has 0 radical (unpaired) electrons. The molecule has 4 rings (SSSR count). The zero-order valence-corrected chi connectivity index (χ0v) is 12.8. The fraction of sp³-hybridized carbons (Fsp3) is 0.688. The van der Waals surface area contributed by atoms with E-state index in [-0.39, 0.29) is 17.7 Å². The summed E-state index contributed by atoms with van der Waals surface area (Å²) in [6, 6.07) is 1.87. The van der Waals surface area contributed by atoms with Crippen molar-refractivity contribution >= 4 is 11.8 Å². The van der Waals surface area contributed by atoms with Gasteiger partial charge in [0.25, 0.3) is 5.91 Å². The Morgan fingerprint density at radius 1 is 1.05 bits per heavy atom. The maximum Gasteiger partial charge on any atom is 0.250 e. The number of aromatic nitrogens is 2. The summed E-state index contributed by atoms with van der Waals surface area (Å²) in [6.07, 6.45) is 8.11. The highest BCUT2D eigenvalue weighted by molar-refractivity contribution is 5.86. The van der Waals surface area contributed by atoms with Crippen LogP contribution in [-0.2, 0) is 15.1 Å². The number of likely N-dealkylation sites (tertiary alicyclic amines) is 2. The zero-order chi connectivity index (χ0) is 15.2. The SMILES string of the molecule is O=C(C1CC1)N1CCC(C(=O)N2CCC2)(n2cccn2)CC1. The average Bonchev–Trinajstić information content (AvgIpc) is 3.19. The summed E-state index contributed by atoms with van der Waals surface area (Å²) in [4.78, 5) is 29.1. The third-order valence-electron chi connectivity index (χ3n) is 5.31. The van der Waals surface area contributed by atoms with Gasteiger partial charge in [0.2, 0.25) is 5.91 Å². The summed E-state index contributed by atoms with van der Waals surface area (Å²) in [5.41, 5.74) is -0.593. The van der Waals surface area contributed by atoms with E-state index in [0.29, 0.717) is 25.9 Å². The molecule has 0 bridgehead atoms. The number of hydrogen-bond donors (Lipinski definition) is 0. The molecule has 1 saturated carbocycles. The molecule has 2 saturated heterocycles. The Kier molecular flexibility index (Phi) is 3.20. The van der Waals surface area contributed by atoms with Gasteiger partial charge in [0.15, 0.2) is 0 Å². The predicted molar refractivity (Wildman–Crippen MR) is 79.9 cm³/mol. The van der Waals surface area contributed by atoms with Gasteiger partial charge in [-0.15, -0.1) is 0 Å². The smallest absolute Gasteiger partial charge is 0.250 e. The van der Waals surface area contributed by atoms with Crippen LogP contribution in [0.15, 0.2) is 18.5 Å². The normalized spacial score (nSPS) is 24.0. The van der Waals surface area contributed by atoms with Crippen LogP contribution in [0.4, 0.5) is 0 Å². The van der Waals surface area contributed by atoms with Crippen LogP contribution in [0.3, 0.4) is 0 Å². The number of piperidine rings is 1. The van der Waals surface area contributed by atoms with Crippen molar-refractivity contribution in [3.63, 3.8) is 0 Å². The fourth-order valence-corrected chi connectivity index (χ4v) is 3.56. The van der Waals surface area contributed by atoms with Crippen molar-refractivity contribution in [2.75, 3.05) is 26.2 Å². The summed E-state index contributed by atoms with van der Waals surface area (Å²) in [5, 5.41) is 4.36. The van der Waals surface area contributed by atoms with Gasteiger partial charge in [0.1, 0.15) is 5.54 Å². The lowest BCUT2D eigenvalue weighted by Gasteiger charge is -2.45. The summed E-state index contributed by atoms with van der Waals surface area (Å²) >= 11 is 0. The van der Waals surface area contributed by atoms with Crippen LogP contribution in [0.25, 0.3) is 0 Å². The molecule has 22 heavy (non-hydrogen) atoms. The van der Waals surface area contributed by atoms with E-state index in [1.807, 2.05) is 26.7 Å². The Labute approximate surface area is 130 Å². The Balaban J connectivity index is 1.54. The molecule has 2 aliphatic heterocycles. The third kappa shape index (κ3) is 2.12. The lowest BCUT2D eigenvalue weighted by molar-refractivity contribution is -0.151. The Morgan fingerprint density at radius 2 is 1.77 bits per heavy atom. The predicted octanol–water partition coefficient (Wildman–Crippen LogP) is 0.843. The second-order valence-corrected chi connectivity index (χ2v) is 6.73. The largest absolute Gasteiger partial charge is 0.342 e. The van der Waals surface area contributed by atoms with Gasteiger partial charge in [0.05, 0.1) is 0 Å². The number of carbonyl (C=O) groups is 2. The minimum Gasteiger partial charge on any atom is -0.342 e. The molecule has 2 amide bonds. The van der Waals surface area contributed by atoms with E-state index in [1.54, 1.807) is 6.20 Å². The van der Waals surface area contributed by atoms with Crippen LogP contribution in [0.5, 0.6) is 0 Å². The van der Waals surface area contributed by atoms with E-state index in [2.05, 4.69) is 5.10 Å². The Morgan fingerprint density at radius 3 is 2.27 bits per heavy atom. The minimum absolute atomic E-state index is 0.181. The van der Waals surface area contributed by atoms with Gasteiger partial charge in [-0.25, -0.2) is 0 Å². The maximum absolute atomic E-state index is 13.0. The van der Waals surface area contributed by atoms with E-state index in [0.717, 1.165) is 32.4 Å². The highest BCUT2D eigenvalue weighted by Gasteiger charge is 2.48. The van der Waals surface area contributed by atoms with Crippen LogP contribution < -0.4 is 0 Å². The van der Waals surface area contributed by atoms with E-state index in [4.69, 9.17) is 0 Å². The lowest BCUT2D eigenvalue weighted by Crippen LogP contribution is -2.59. The van der Waals surface area contributed by atoms with E-state index < -0.39 is 5.54 Å². The molecule has 0 spiro atoms. The molecule has 3 fully saturated rings. The molecule has 3 aliphatic rings. The number of rotatable bonds is 3. The molecule has 6 heteroatoms. The third-order valence-corrected chi connectivity index (χ3v) is 5.31. The highest BCUT2D eigenvalue weighted by Crippen LogP contribution is 2.36. The van der Waals surface area contributed by atoms with Crippen LogP contribution in [0.2, 0.25) is 0 Å². The molecule has 118 valence electrons. The summed E-state index contributed by atoms with van der Waals surface area (Å²) in [7, 11) is 0. The number of nitrogens with zero attached hydrogens (tertiary/aromatic N) is 4. The summed E-state index contributed by atoms with van der Waals surface area (Å²) < 4.78 is 1.83. The number of amides is 2. The lowest BCUT2D eigenvalue weighted by atomic mass is 9.85. The first-order chi connectivity index (χ1) is 10.7. The van der Waals surface area contributed by atoms with Crippen molar-refractivity contribution in [3.8, 4) is 0 Å². The molecule has 0 N–H and O–H groups in total. The molecule has 3 heterocycles. The standard InChI is InChI=1S/C16H22N4O2/c21-14(13-3-4-13)18-11-5-16(6-12-18,20-10-1-7-17-20)15(22)19-8-2-9-19/h1,7,10,13H,2-6,8-9,11-12H2. The first-order valence-electron chi connectivity index (χ1n) is 8.29. The van der Waals surface area contributed by atoms with Gasteiger partial charge in [-0.05, 0) is 38.2 Å². The van der Waals surface area contributed by atoms with Gasteiger partial charge in [-0.2, -0.15) is 5.10 Å². The van der Waals surface area contributed by atoms with Gasteiger partial charge in [-0.3, -0.25) is 14.3 Å². The summed E-state index contributed by atoms with van der Waals surface area (Å²) in [5.74, 6) is 0.717. The second kappa shape index (κ2) is 5.11. The van der Waals surface area contributed by atoms with Gasteiger partial charge in [0, 0.05) is 44.5 Å². The molecule has 1 aromatic heterocycles. The topological polar surface area (TPSA) is 58.4 Å². The number of hydrogen-bond acceptors (Lipinski definition) is 3. The van der Waals surface area contributed by atoms with Crippen LogP contribution in [-0.4, -0.2) is 57.6 Å². The maximum atomic E-state index is 13.0. The van der Waals surface area contributed by atoms with Crippen molar-refractivity contribution in [2.24, 2.45) is 5.92 Å². The molecule has 6 nitrogen and oxygen atoms in total. The Bertz CT molecular complexity index is 567. The molecule has 1 aliphatic carbocycles. The van der Waals surface area contributed by atoms with Crippen LogP contribution >= 0.6 is 0 Å². The van der Waals surface area contributed by atoms with Gasteiger partial charge >= 0.3 is 0 Å². The summed E-state index contributed by atoms with van der Waals surface area (Å²) in [6.45, 7) is 3.03. The molecular weight excluding hydrogens is 280 g/mol. The minimum atomic E-state index is -0.593. The Hall–Kier alpha value is -1.85. The van der Waals surface area contributed by atoms with Crippen molar-refractivity contribution in [3.05, 3.63) is 18.5 Å². The second-order valence-electron chi connectivity index (χ2n) is 6.73. The quantitative estimate of drug-likeness (QED) is 0.831. The van der Waals surface area contributed by atoms with Crippen molar-refractivity contribution in [2.45, 2.75) is 37.6 Å². The monoisotopic (exact) mass is 302 g/mol. The molecule has 0 unspecified atom stereocenters. The molecule has 0 atom stereocenters. The van der Waals surface area contributed by atoms with Crippen LogP contribution in [0.1, 0.15) is 32.1 Å². The van der Waals surface area contributed by atoms with Crippen LogP contribution in [0, 0.1) is 5.92 Å². The highest BCUT2D eigenvalue weighted by atomic mass is 16.2. The first kappa shape index (κ1) is 13.8. The van der Waals surface area contributed by atoms with Gasteiger partial charge in [-0.1, -0.05) is 0 Å². The van der Waals surface area contributed by atoms with Crippen molar-refractivity contribution < 1.29 is 9.59 Å². The van der Waals surface area contributed by atoms with E-state index >= 15 is 0 Å². The molecular formula is C16H22N4O2. The average molecular weight is 302 g/mol. The zero-order valence-electron chi connectivity index (χ0n) is 12.8. The van der Waals surface area contributed by atoms with E-state index in [1.165, 1.54) is 0 Å².